The van der Waals surface area contributed by atoms with E-state index < -0.39 is 8.07 Å². The highest BCUT2D eigenvalue weighted by Crippen LogP contribution is 2.37. The van der Waals surface area contributed by atoms with E-state index in [1.54, 1.807) is 0 Å². The minimum atomic E-state index is -1.58. The Balaban J connectivity index is 2.26. The molecule has 0 aliphatic heterocycles. The van der Waals surface area contributed by atoms with Crippen LogP contribution in [0.3, 0.4) is 0 Å². The normalized spacial score (nSPS) is 12.2. The van der Waals surface area contributed by atoms with E-state index in [9.17, 15) is 5.11 Å². The number of phenols is 1. The van der Waals surface area contributed by atoms with E-state index in [2.05, 4.69) is 58.3 Å². The second kappa shape index (κ2) is 7.10. The minimum Gasteiger partial charge on any atom is -0.507 e. The quantitative estimate of drug-likeness (QED) is 0.724. The predicted octanol–water partition coefficient (Wildman–Crippen LogP) is 5.23. The van der Waals surface area contributed by atoms with Crippen LogP contribution < -0.4 is 9.24 Å². The van der Waals surface area contributed by atoms with Gasteiger partial charge in [0.1, 0.15) is 19.6 Å². The van der Waals surface area contributed by atoms with Gasteiger partial charge in [-0.05, 0) is 33.8 Å². The highest BCUT2D eigenvalue weighted by Gasteiger charge is 2.26. The van der Waals surface area contributed by atoms with E-state index in [0.29, 0.717) is 5.75 Å². The van der Waals surface area contributed by atoms with Gasteiger partial charge in [-0.15, -0.1) is 0 Å². The lowest BCUT2D eigenvalue weighted by Gasteiger charge is -2.23. The van der Waals surface area contributed by atoms with Crippen molar-refractivity contribution in [2.45, 2.75) is 52.6 Å². The van der Waals surface area contributed by atoms with Gasteiger partial charge in [-0.2, -0.15) is 11.3 Å². The molecule has 0 amide bonds. The molecule has 2 nitrogen and oxygen atoms in total. The Kier molecular flexibility index (Phi) is 5.58. The zero-order valence-corrected chi connectivity index (χ0v) is 16.8. The Hall–Kier alpha value is -1.26. The fraction of sp³-hybridized carbons (Fsp3) is 0.474. The fourth-order valence-corrected chi connectivity index (χ4v) is 5.95. The Bertz CT molecular complexity index is 616. The second-order valence-corrected chi connectivity index (χ2v) is 13.3. The van der Waals surface area contributed by atoms with E-state index in [1.165, 1.54) is 4.50 Å². The van der Waals surface area contributed by atoms with Crippen LogP contribution >= 0.6 is 11.3 Å². The maximum absolute atomic E-state index is 10.5. The molecule has 0 bridgehead atoms. The summed E-state index contributed by atoms with van der Waals surface area (Å²) in [5.41, 5.74) is 1.95. The van der Waals surface area contributed by atoms with E-state index in [-0.39, 0.29) is 11.8 Å². The van der Waals surface area contributed by atoms with E-state index in [0.717, 1.165) is 23.1 Å². The van der Waals surface area contributed by atoms with Gasteiger partial charge in [-0.1, -0.05) is 52.9 Å². The van der Waals surface area contributed by atoms with Crippen LogP contribution in [0.15, 0.2) is 29.6 Å². The molecule has 1 aromatic heterocycles. The van der Waals surface area contributed by atoms with Gasteiger partial charge in [-0.3, -0.25) is 0 Å². The van der Waals surface area contributed by atoms with E-state index in [4.69, 9.17) is 4.74 Å². The lowest BCUT2D eigenvalue weighted by atomic mass is 9.93. The van der Waals surface area contributed by atoms with Crippen LogP contribution in [0.4, 0.5) is 0 Å². The van der Waals surface area contributed by atoms with E-state index in [1.807, 2.05) is 23.5 Å². The summed E-state index contributed by atoms with van der Waals surface area (Å²) in [5.74, 6) is 1.86. The van der Waals surface area contributed by atoms with Gasteiger partial charge in [-0.25, -0.2) is 0 Å². The van der Waals surface area contributed by atoms with Gasteiger partial charge < -0.3 is 9.84 Å². The Morgan fingerprint density at radius 1 is 1.09 bits per heavy atom. The molecular weight excluding hydrogens is 320 g/mol. The Morgan fingerprint density at radius 3 is 2.09 bits per heavy atom. The van der Waals surface area contributed by atoms with Crippen molar-refractivity contribution in [3.63, 3.8) is 0 Å². The molecular formula is C19H28O2SSi. The third-order valence-electron chi connectivity index (χ3n) is 4.17. The Labute approximate surface area is 145 Å². The summed E-state index contributed by atoms with van der Waals surface area (Å²) in [6.07, 6.45) is 0.757. The van der Waals surface area contributed by atoms with Crippen LogP contribution in [0.1, 0.15) is 50.7 Å². The van der Waals surface area contributed by atoms with Crippen LogP contribution in [0, 0.1) is 0 Å². The SMILES string of the molecule is CC(C)c1cc(OC[Si](C)(C)c2cccs2)cc(C(C)C)c1O. The van der Waals surface area contributed by atoms with Crippen LogP contribution in [-0.4, -0.2) is 19.4 Å². The van der Waals surface area contributed by atoms with Crippen molar-refractivity contribution in [3.05, 3.63) is 40.8 Å². The largest absolute Gasteiger partial charge is 0.507 e. The first-order valence-corrected chi connectivity index (χ1v) is 12.3. The molecule has 4 heteroatoms. The minimum absolute atomic E-state index is 0.276. The summed E-state index contributed by atoms with van der Waals surface area (Å²) in [6, 6.07) is 8.34. The molecule has 2 aromatic rings. The molecule has 0 saturated carbocycles. The molecule has 1 N–H and O–H groups in total. The monoisotopic (exact) mass is 348 g/mol. The first-order chi connectivity index (χ1) is 10.7. The molecule has 1 aromatic carbocycles. The molecule has 0 saturated heterocycles. The second-order valence-electron chi connectivity index (χ2n) is 7.41. The molecule has 0 atom stereocenters. The van der Waals surface area contributed by atoms with Gasteiger partial charge in [0.2, 0.25) is 0 Å². The zero-order valence-electron chi connectivity index (χ0n) is 15.0. The van der Waals surface area contributed by atoms with Crippen LogP contribution in [0.2, 0.25) is 13.1 Å². The number of rotatable bonds is 6. The average molecular weight is 349 g/mol. The smallest absolute Gasteiger partial charge is 0.136 e. The molecule has 23 heavy (non-hydrogen) atoms. The molecule has 126 valence electrons. The van der Waals surface area contributed by atoms with Crippen molar-refractivity contribution in [3.8, 4) is 11.5 Å². The van der Waals surface area contributed by atoms with Crippen LogP contribution in [0.5, 0.6) is 11.5 Å². The highest BCUT2D eigenvalue weighted by atomic mass is 32.1. The summed E-state index contributed by atoms with van der Waals surface area (Å²) in [7, 11) is -1.58. The molecule has 0 aliphatic carbocycles. The summed E-state index contributed by atoms with van der Waals surface area (Å²) < 4.78 is 7.65. The van der Waals surface area contributed by atoms with Gasteiger partial charge in [0, 0.05) is 11.1 Å². The summed E-state index contributed by atoms with van der Waals surface area (Å²) >= 11 is 1.83. The number of ether oxygens (including phenoxy) is 1. The third kappa shape index (κ3) is 4.18. The fourth-order valence-electron chi connectivity index (χ4n) is 2.61. The van der Waals surface area contributed by atoms with Crippen molar-refractivity contribution < 1.29 is 9.84 Å². The molecule has 0 spiro atoms. The number of thiophene rings is 1. The molecule has 0 fully saturated rings. The number of hydrogen-bond acceptors (Lipinski definition) is 3. The standard InChI is InChI=1S/C19H28O2SSi/c1-13(2)16-10-15(11-17(14(3)4)19(16)20)21-12-23(5,6)18-8-7-9-22-18/h7-11,13-14,20H,12H2,1-6H3. The molecule has 0 unspecified atom stereocenters. The van der Waals surface area contributed by atoms with Crippen molar-refractivity contribution in [2.75, 3.05) is 6.23 Å². The summed E-state index contributed by atoms with van der Waals surface area (Å²) in [6.45, 7) is 13.1. The number of benzene rings is 1. The maximum Gasteiger partial charge on any atom is 0.136 e. The van der Waals surface area contributed by atoms with Gasteiger partial charge in [0.25, 0.3) is 0 Å². The predicted molar refractivity (Wildman–Crippen MR) is 103 cm³/mol. The third-order valence-corrected chi connectivity index (χ3v) is 9.24. The van der Waals surface area contributed by atoms with Crippen LogP contribution in [-0.2, 0) is 0 Å². The summed E-state index contributed by atoms with van der Waals surface area (Å²) in [5, 5.41) is 12.6. The lowest BCUT2D eigenvalue weighted by molar-refractivity contribution is 0.375. The molecule has 2 rings (SSSR count). The first-order valence-electron chi connectivity index (χ1n) is 8.26. The van der Waals surface area contributed by atoms with Crippen LogP contribution in [0.25, 0.3) is 0 Å². The zero-order chi connectivity index (χ0) is 17.2. The van der Waals surface area contributed by atoms with Gasteiger partial charge in [0.05, 0.1) is 6.23 Å². The highest BCUT2D eigenvalue weighted by molar-refractivity contribution is 7.25. The molecule has 0 radical (unpaired) electrons. The lowest BCUT2D eigenvalue weighted by Crippen LogP contribution is -2.45. The van der Waals surface area contributed by atoms with Crippen molar-refractivity contribution in [2.24, 2.45) is 0 Å². The molecule has 1 heterocycles. The van der Waals surface area contributed by atoms with Gasteiger partial charge >= 0.3 is 0 Å². The van der Waals surface area contributed by atoms with Crippen molar-refractivity contribution in [1.82, 2.24) is 0 Å². The van der Waals surface area contributed by atoms with Crippen molar-refractivity contribution >= 4 is 23.9 Å². The maximum atomic E-state index is 10.5. The molecule has 0 aliphatic rings. The Morgan fingerprint density at radius 2 is 1.65 bits per heavy atom. The van der Waals surface area contributed by atoms with E-state index >= 15 is 0 Å². The number of aromatic hydroxyl groups is 1. The first kappa shape index (κ1) is 18.1. The number of phenolic OH excluding ortho intramolecular Hbond substituents is 1. The number of hydrogen-bond donors (Lipinski definition) is 1. The van der Waals surface area contributed by atoms with Crippen molar-refractivity contribution in [1.29, 1.82) is 0 Å². The topological polar surface area (TPSA) is 29.5 Å². The average Bonchev–Trinajstić information content (AvgIpc) is 3.00. The summed E-state index contributed by atoms with van der Waals surface area (Å²) in [4.78, 5) is 0. The van der Waals surface area contributed by atoms with Gasteiger partial charge in [0.15, 0.2) is 0 Å².